The molecule has 5 heteroatoms. The topological polar surface area (TPSA) is 71.3 Å². The van der Waals surface area contributed by atoms with Crippen molar-refractivity contribution in [2.75, 3.05) is 6.54 Å². The summed E-state index contributed by atoms with van der Waals surface area (Å²) in [6.45, 7) is 4.23. The van der Waals surface area contributed by atoms with Crippen LogP contribution in [0.2, 0.25) is 0 Å². The van der Waals surface area contributed by atoms with E-state index in [0.29, 0.717) is 5.69 Å². The summed E-state index contributed by atoms with van der Waals surface area (Å²) in [5.41, 5.74) is 0.0671. The molecule has 0 aliphatic rings. The highest BCUT2D eigenvalue weighted by Crippen LogP contribution is 2.12. The molecule has 0 aliphatic carbocycles. The number of nitrogens with zero attached hydrogens (tertiary/aromatic N) is 1. The Bertz CT molecular complexity index is 478. The first kappa shape index (κ1) is 15.4. The lowest BCUT2D eigenvalue weighted by molar-refractivity contribution is 0.0809. The summed E-state index contributed by atoms with van der Waals surface area (Å²) in [5.74, 6) is -0.162. The molecule has 1 heterocycles. The first-order valence-electron chi connectivity index (χ1n) is 6.63. The monoisotopic (exact) mass is 266 g/mol. The number of carbonyl (C=O) groups excluding carboxylic acids is 1. The van der Waals surface area contributed by atoms with Gasteiger partial charge >= 0.3 is 0 Å². The van der Waals surface area contributed by atoms with Gasteiger partial charge in [0.05, 0.1) is 6.10 Å². The number of nitrogens with one attached hydrogen (secondary N) is 1. The fourth-order valence-corrected chi connectivity index (χ4v) is 2.08. The van der Waals surface area contributed by atoms with Crippen LogP contribution in [0.5, 0.6) is 0 Å². The SMILES string of the molecule is CCC(CC)C(O)CNC(=O)c1cccc(=O)n1C. The number of aliphatic hydroxyl groups is 1. The fourth-order valence-electron chi connectivity index (χ4n) is 2.08. The predicted octanol–water partition coefficient (Wildman–Crippen LogP) is 0.912. The summed E-state index contributed by atoms with van der Waals surface area (Å²) in [7, 11) is 1.55. The summed E-state index contributed by atoms with van der Waals surface area (Å²) in [6, 6.07) is 4.53. The van der Waals surface area contributed by atoms with Crippen molar-refractivity contribution in [1.29, 1.82) is 0 Å². The lowest BCUT2D eigenvalue weighted by Gasteiger charge is -2.20. The standard InChI is InChI=1S/C14H22N2O3/c1-4-10(5-2)12(17)9-15-14(19)11-7-6-8-13(18)16(11)3/h6-8,10,12,17H,4-5,9H2,1-3H3,(H,15,19). The molecule has 0 fully saturated rings. The van der Waals surface area contributed by atoms with E-state index in [1.807, 2.05) is 13.8 Å². The second kappa shape index (κ2) is 7.09. The summed E-state index contributed by atoms with van der Waals surface area (Å²) >= 11 is 0. The van der Waals surface area contributed by atoms with Crippen molar-refractivity contribution in [3.8, 4) is 0 Å². The third-order valence-corrected chi connectivity index (χ3v) is 3.48. The van der Waals surface area contributed by atoms with Gasteiger partial charge in [-0.05, 0) is 12.0 Å². The molecule has 19 heavy (non-hydrogen) atoms. The number of aromatic nitrogens is 1. The highest BCUT2D eigenvalue weighted by atomic mass is 16.3. The normalized spacial score (nSPS) is 12.5. The minimum absolute atomic E-state index is 0.180. The summed E-state index contributed by atoms with van der Waals surface area (Å²) < 4.78 is 1.29. The van der Waals surface area contributed by atoms with E-state index in [1.54, 1.807) is 19.2 Å². The summed E-state index contributed by atoms with van der Waals surface area (Å²) in [5, 5.41) is 12.6. The number of amides is 1. The minimum Gasteiger partial charge on any atom is -0.391 e. The average Bonchev–Trinajstić information content (AvgIpc) is 2.40. The van der Waals surface area contributed by atoms with Crippen molar-refractivity contribution in [2.24, 2.45) is 13.0 Å². The lowest BCUT2D eigenvalue weighted by Crippen LogP contribution is -2.38. The van der Waals surface area contributed by atoms with E-state index >= 15 is 0 Å². The average molecular weight is 266 g/mol. The van der Waals surface area contributed by atoms with E-state index in [9.17, 15) is 14.7 Å². The fraction of sp³-hybridized carbons (Fsp3) is 0.571. The van der Waals surface area contributed by atoms with Gasteiger partial charge in [0.2, 0.25) is 0 Å². The van der Waals surface area contributed by atoms with Gasteiger partial charge in [-0.25, -0.2) is 0 Å². The van der Waals surface area contributed by atoms with Crippen molar-refractivity contribution in [3.05, 3.63) is 34.2 Å². The second-order valence-electron chi connectivity index (χ2n) is 4.66. The molecule has 0 spiro atoms. The van der Waals surface area contributed by atoms with Gasteiger partial charge in [-0.2, -0.15) is 0 Å². The molecule has 106 valence electrons. The second-order valence-corrected chi connectivity index (χ2v) is 4.66. The molecule has 1 rings (SSSR count). The first-order chi connectivity index (χ1) is 9.01. The molecular weight excluding hydrogens is 244 g/mol. The minimum atomic E-state index is -0.556. The third-order valence-electron chi connectivity index (χ3n) is 3.48. The van der Waals surface area contributed by atoms with Gasteiger partial charge in [-0.3, -0.25) is 9.59 Å². The van der Waals surface area contributed by atoms with Gasteiger partial charge in [0.25, 0.3) is 11.5 Å². The van der Waals surface area contributed by atoms with E-state index in [4.69, 9.17) is 0 Å². The largest absolute Gasteiger partial charge is 0.391 e. The Kier molecular flexibility index (Phi) is 5.76. The van der Waals surface area contributed by atoms with E-state index in [0.717, 1.165) is 12.8 Å². The van der Waals surface area contributed by atoms with Crippen molar-refractivity contribution < 1.29 is 9.90 Å². The molecule has 1 atom stereocenters. The van der Waals surface area contributed by atoms with Gasteiger partial charge in [0.15, 0.2) is 0 Å². The molecule has 0 saturated heterocycles. The molecule has 1 aromatic rings. The lowest BCUT2D eigenvalue weighted by atomic mass is 9.96. The smallest absolute Gasteiger partial charge is 0.268 e. The van der Waals surface area contributed by atoms with E-state index in [2.05, 4.69) is 5.32 Å². The van der Waals surface area contributed by atoms with Crippen LogP contribution in [0.1, 0.15) is 37.2 Å². The highest BCUT2D eigenvalue weighted by Gasteiger charge is 2.17. The van der Waals surface area contributed by atoms with E-state index in [1.165, 1.54) is 10.6 Å². The zero-order chi connectivity index (χ0) is 14.4. The third kappa shape index (κ3) is 3.92. The molecule has 0 radical (unpaired) electrons. The van der Waals surface area contributed by atoms with Gasteiger partial charge in [-0.15, -0.1) is 0 Å². The molecule has 0 aromatic carbocycles. The van der Waals surface area contributed by atoms with Crippen LogP contribution < -0.4 is 10.9 Å². The van der Waals surface area contributed by atoms with Crippen LogP contribution in [-0.4, -0.2) is 28.2 Å². The van der Waals surface area contributed by atoms with Crippen LogP contribution >= 0.6 is 0 Å². The van der Waals surface area contributed by atoms with Crippen LogP contribution in [0, 0.1) is 5.92 Å². The predicted molar refractivity (Wildman–Crippen MR) is 74.1 cm³/mol. The van der Waals surface area contributed by atoms with Crippen LogP contribution in [0.4, 0.5) is 0 Å². The highest BCUT2D eigenvalue weighted by molar-refractivity contribution is 5.92. The van der Waals surface area contributed by atoms with Crippen molar-refractivity contribution in [2.45, 2.75) is 32.8 Å². The number of hydrogen-bond donors (Lipinski definition) is 2. The first-order valence-corrected chi connectivity index (χ1v) is 6.63. The number of carbonyl (C=O) groups is 1. The molecule has 0 aliphatic heterocycles. The Labute approximate surface area is 113 Å². The zero-order valence-electron chi connectivity index (χ0n) is 11.7. The molecule has 5 nitrogen and oxygen atoms in total. The molecule has 0 bridgehead atoms. The van der Waals surface area contributed by atoms with Gasteiger partial charge in [0.1, 0.15) is 5.69 Å². The van der Waals surface area contributed by atoms with E-state index < -0.39 is 6.10 Å². The number of pyridine rings is 1. The quantitative estimate of drug-likeness (QED) is 0.804. The Morgan fingerprint density at radius 1 is 1.37 bits per heavy atom. The Balaban J connectivity index is 2.66. The summed E-state index contributed by atoms with van der Waals surface area (Å²) in [4.78, 5) is 23.4. The Morgan fingerprint density at radius 2 is 2.00 bits per heavy atom. The van der Waals surface area contributed by atoms with Crippen LogP contribution in [0.3, 0.4) is 0 Å². The van der Waals surface area contributed by atoms with Gasteiger partial charge in [-0.1, -0.05) is 32.8 Å². The Hall–Kier alpha value is -1.62. The molecule has 1 aromatic heterocycles. The van der Waals surface area contributed by atoms with Gasteiger partial charge in [0, 0.05) is 19.7 Å². The van der Waals surface area contributed by atoms with E-state index in [-0.39, 0.29) is 23.9 Å². The molecular formula is C14H22N2O3. The van der Waals surface area contributed by atoms with Gasteiger partial charge < -0.3 is 15.0 Å². The summed E-state index contributed by atoms with van der Waals surface area (Å²) in [6.07, 6.45) is 1.19. The van der Waals surface area contributed by atoms with Crippen molar-refractivity contribution in [3.63, 3.8) is 0 Å². The van der Waals surface area contributed by atoms with Crippen LogP contribution in [0.25, 0.3) is 0 Å². The Morgan fingerprint density at radius 3 is 2.58 bits per heavy atom. The number of rotatable bonds is 6. The zero-order valence-corrected chi connectivity index (χ0v) is 11.7. The number of hydrogen-bond acceptors (Lipinski definition) is 3. The van der Waals surface area contributed by atoms with Crippen molar-refractivity contribution >= 4 is 5.91 Å². The molecule has 1 unspecified atom stereocenters. The molecule has 0 saturated carbocycles. The number of aliphatic hydroxyl groups excluding tert-OH is 1. The van der Waals surface area contributed by atoms with Crippen molar-refractivity contribution in [1.82, 2.24) is 9.88 Å². The maximum atomic E-state index is 11.9. The van der Waals surface area contributed by atoms with Crippen LogP contribution in [0.15, 0.2) is 23.0 Å². The van der Waals surface area contributed by atoms with Crippen LogP contribution in [-0.2, 0) is 7.05 Å². The molecule has 1 amide bonds. The maximum absolute atomic E-state index is 11.9. The maximum Gasteiger partial charge on any atom is 0.268 e. The molecule has 2 N–H and O–H groups in total.